The van der Waals surface area contributed by atoms with Crippen LogP contribution >= 0.6 is 0 Å². The van der Waals surface area contributed by atoms with Crippen molar-refractivity contribution in [3.63, 3.8) is 0 Å². The van der Waals surface area contributed by atoms with Gasteiger partial charge in [-0.15, -0.1) is 0 Å². The summed E-state index contributed by atoms with van der Waals surface area (Å²) in [6.45, 7) is 0. The van der Waals surface area contributed by atoms with Crippen molar-refractivity contribution in [3.05, 3.63) is 200 Å². The first-order valence-corrected chi connectivity index (χ1v) is 18.3. The van der Waals surface area contributed by atoms with Gasteiger partial charge in [-0.3, -0.25) is 0 Å². The van der Waals surface area contributed by atoms with Gasteiger partial charge in [0.2, 0.25) is 0 Å². The highest BCUT2D eigenvalue weighted by Gasteiger charge is 2.15. The zero-order valence-corrected chi connectivity index (χ0v) is 29.4. The van der Waals surface area contributed by atoms with E-state index >= 15 is 0 Å². The standard InChI is InChI=1S/C51H33N3/c1-2-10-34(11-3-1)41-25-26-43-33-46(29-27-42(43)30-41)51-53-49(52-50(54-51)45-28-22-35-12-4-5-14-39(35)32-45)44-17-8-16-40(31-44)36-20-23-38(24-21-36)48-19-9-15-37-13-6-7-18-47(37)48/h1-33H. The van der Waals surface area contributed by atoms with E-state index < -0.39 is 0 Å². The summed E-state index contributed by atoms with van der Waals surface area (Å²) in [5, 5.41) is 7.13. The van der Waals surface area contributed by atoms with Gasteiger partial charge in [0.1, 0.15) is 0 Å². The van der Waals surface area contributed by atoms with Crippen molar-refractivity contribution in [2.45, 2.75) is 0 Å². The molecule has 252 valence electrons. The highest BCUT2D eigenvalue weighted by Crippen LogP contribution is 2.34. The lowest BCUT2D eigenvalue weighted by Gasteiger charge is -2.11. The number of hydrogen-bond acceptors (Lipinski definition) is 3. The zero-order valence-electron chi connectivity index (χ0n) is 29.4. The Labute approximate surface area is 313 Å². The molecule has 0 aliphatic heterocycles. The van der Waals surface area contributed by atoms with Crippen LogP contribution in [0, 0.1) is 0 Å². The molecule has 0 N–H and O–H groups in total. The quantitative estimate of drug-likeness (QED) is 0.175. The Morgan fingerprint density at radius 2 is 0.630 bits per heavy atom. The van der Waals surface area contributed by atoms with Crippen LogP contribution < -0.4 is 0 Å². The lowest BCUT2D eigenvalue weighted by atomic mass is 9.96. The zero-order chi connectivity index (χ0) is 35.8. The number of benzene rings is 9. The molecule has 10 rings (SSSR count). The highest BCUT2D eigenvalue weighted by molar-refractivity contribution is 5.97. The van der Waals surface area contributed by atoms with Gasteiger partial charge in [0.15, 0.2) is 17.5 Å². The van der Waals surface area contributed by atoms with Crippen molar-refractivity contribution in [1.29, 1.82) is 0 Å². The predicted molar refractivity (Wildman–Crippen MR) is 225 cm³/mol. The van der Waals surface area contributed by atoms with Crippen molar-refractivity contribution in [3.8, 4) is 67.5 Å². The van der Waals surface area contributed by atoms with Crippen LogP contribution in [-0.4, -0.2) is 15.0 Å². The molecule has 3 nitrogen and oxygen atoms in total. The average Bonchev–Trinajstić information content (AvgIpc) is 3.26. The van der Waals surface area contributed by atoms with Gasteiger partial charge < -0.3 is 0 Å². The van der Waals surface area contributed by atoms with Gasteiger partial charge in [0.25, 0.3) is 0 Å². The molecular weight excluding hydrogens is 655 g/mol. The second kappa shape index (κ2) is 13.4. The number of hydrogen-bond donors (Lipinski definition) is 0. The molecule has 1 aromatic heterocycles. The van der Waals surface area contributed by atoms with Crippen LogP contribution in [-0.2, 0) is 0 Å². The SMILES string of the molecule is c1ccc(-c2ccc3cc(-c4nc(-c5cccc(-c6ccc(-c7cccc8ccccc78)cc6)c5)nc(-c5ccc6ccccc6c5)n4)ccc3c2)cc1. The van der Waals surface area contributed by atoms with Crippen molar-refractivity contribution in [1.82, 2.24) is 15.0 Å². The maximum absolute atomic E-state index is 5.13. The van der Waals surface area contributed by atoms with E-state index in [2.05, 4.69) is 194 Å². The van der Waals surface area contributed by atoms with Crippen LogP contribution in [0.1, 0.15) is 0 Å². The summed E-state index contributed by atoms with van der Waals surface area (Å²) in [5.41, 5.74) is 9.89. The summed E-state index contributed by atoms with van der Waals surface area (Å²) < 4.78 is 0. The van der Waals surface area contributed by atoms with Gasteiger partial charge in [-0.25, -0.2) is 15.0 Å². The Kier molecular flexibility index (Phi) is 7.81. The first kappa shape index (κ1) is 31.5. The van der Waals surface area contributed by atoms with Crippen molar-refractivity contribution < 1.29 is 0 Å². The van der Waals surface area contributed by atoms with Gasteiger partial charge in [-0.1, -0.05) is 176 Å². The highest BCUT2D eigenvalue weighted by atomic mass is 15.0. The lowest BCUT2D eigenvalue weighted by molar-refractivity contribution is 1.08. The van der Waals surface area contributed by atoms with E-state index in [1.165, 1.54) is 43.8 Å². The van der Waals surface area contributed by atoms with E-state index in [4.69, 9.17) is 15.0 Å². The lowest BCUT2D eigenvalue weighted by Crippen LogP contribution is -2.00. The van der Waals surface area contributed by atoms with E-state index in [0.717, 1.165) is 38.6 Å². The van der Waals surface area contributed by atoms with Gasteiger partial charge in [0, 0.05) is 16.7 Å². The maximum atomic E-state index is 5.13. The molecule has 3 heteroatoms. The summed E-state index contributed by atoms with van der Waals surface area (Å²) >= 11 is 0. The smallest absolute Gasteiger partial charge is 0.164 e. The van der Waals surface area contributed by atoms with Gasteiger partial charge >= 0.3 is 0 Å². The third kappa shape index (κ3) is 5.98. The minimum Gasteiger partial charge on any atom is -0.208 e. The van der Waals surface area contributed by atoms with Crippen LogP contribution in [0.2, 0.25) is 0 Å². The molecule has 54 heavy (non-hydrogen) atoms. The van der Waals surface area contributed by atoms with E-state index in [9.17, 15) is 0 Å². The van der Waals surface area contributed by atoms with Crippen molar-refractivity contribution in [2.75, 3.05) is 0 Å². The van der Waals surface area contributed by atoms with E-state index in [1.54, 1.807) is 0 Å². The normalized spacial score (nSPS) is 11.3. The number of fused-ring (bicyclic) bond motifs is 3. The third-order valence-electron chi connectivity index (χ3n) is 10.3. The molecule has 0 unspecified atom stereocenters. The van der Waals surface area contributed by atoms with Crippen molar-refractivity contribution in [2.24, 2.45) is 0 Å². The Bertz CT molecular complexity index is 2980. The molecule has 0 fully saturated rings. The van der Waals surface area contributed by atoms with Crippen LogP contribution in [0.5, 0.6) is 0 Å². The second-order valence-corrected chi connectivity index (χ2v) is 13.7. The Hall–Kier alpha value is -7.23. The topological polar surface area (TPSA) is 38.7 Å². The Morgan fingerprint density at radius 1 is 0.222 bits per heavy atom. The first-order valence-electron chi connectivity index (χ1n) is 18.3. The minimum absolute atomic E-state index is 0.636. The molecule has 0 saturated heterocycles. The molecule has 0 spiro atoms. The summed E-state index contributed by atoms with van der Waals surface area (Å²) in [7, 11) is 0. The molecule has 0 radical (unpaired) electrons. The fourth-order valence-electron chi connectivity index (χ4n) is 7.44. The molecule has 1 heterocycles. The molecule has 0 bridgehead atoms. The predicted octanol–water partition coefficient (Wildman–Crippen LogP) is 13.3. The molecule has 0 aliphatic rings. The molecule has 0 amide bonds. The van der Waals surface area contributed by atoms with Crippen LogP contribution in [0.25, 0.3) is 99.9 Å². The van der Waals surface area contributed by atoms with E-state index in [-0.39, 0.29) is 0 Å². The van der Waals surface area contributed by atoms with Gasteiger partial charge in [-0.2, -0.15) is 0 Å². The summed E-state index contributed by atoms with van der Waals surface area (Å²) in [4.78, 5) is 15.3. The summed E-state index contributed by atoms with van der Waals surface area (Å²) in [6.07, 6.45) is 0. The summed E-state index contributed by atoms with van der Waals surface area (Å²) in [5.74, 6) is 1.92. The number of aromatic nitrogens is 3. The fourth-order valence-corrected chi connectivity index (χ4v) is 7.44. The largest absolute Gasteiger partial charge is 0.208 e. The van der Waals surface area contributed by atoms with Crippen LogP contribution in [0.15, 0.2) is 200 Å². The molecule has 0 aliphatic carbocycles. The number of nitrogens with zero attached hydrogens (tertiary/aromatic N) is 3. The van der Waals surface area contributed by atoms with Gasteiger partial charge in [-0.05, 0) is 90.0 Å². The number of rotatable bonds is 6. The van der Waals surface area contributed by atoms with Crippen molar-refractivity contribution >= 4 is 32.3 Å². The second-order valence-electron chi connectivity index (χ2n) is 13.7. The molecular formula is C51H33N3. The minimum atomic E-state index is 0.636. The Morgan fingerprint density at radius 3 is 1.35 bits per heavy atom. The Balaban J connectivity index is 1.05. The maximum Gasteiger partial charge on any atom is 0.164 e. The molecule has 10 aromatic rings. The van der Waals surface area contributed by atoms with Crippen LogP contribution in [0.4, 0.5) is 0 Å². The van der Waals surface area contributed by atoms with E-state index in [0.29, 0.717) is 17.5 Å². The van der Waals surface area contributed by atoms with E-state index in [1.807, 2.05) is 6.07 Å². The monoisotopic (exact) mass is 687 g/mol. The first-order chi connectivity index (χ1) is 26.7. The molecule has 0 atom stereocenters. The average molecular weight is 688 g/mol. The van der Waals surface area contributed by atoms with Gasteiger partial charge in [0.05, 0.1) is 0 Å². The third-order valence-corrected chi connectivity index (χ3v) is 10.3. The molecule has 0 saturated carbocycles. The van der Waals surface area contributed by atoms with Crippen LogP contribution in [0.3, 0.4) is 0 Å². The summed E-state index contributed by atoms with van der Waals surface area (Å²) in [6, 6.07) is 70.7. The molecule has 9 aromatic carbocycles. The fraction of sp³-hybridized carbons (Fsp3) is 0.